The van der Waals surface area contributed by atoms with Gasteiger partial charge in [0.15, 0.2) is 5.96 Å². The van der Waals surface area contributed by atoms with Gasteiger partial charge in [-0.1, -0.05) is 30.3 Å². The van der Waals surface area contributed by atoms with E-state index in [0.717, 1.165) is 10.3 Å². The van der Waals surface area contributed by atoms with Crippen LogP contribution >= 0.6 is 0 Å². The minimum atomic E-state index is -4.27. The summed E-state index contributed by atoms with van der Waals surface area (Å²) in [5.74, 6) is -3.06. The number of hydrogen-bond donors (Lipinski definition) is 4. The van der Waals surface area contributed by atoms with Crippen molar-refractivity contribution in [2.45, 2.75) is 49.6 Å². The van der Waals surface area contributed by atoms with Gasteiger partial charge in [-0.15, -0.1) is 0 Å². The van der Waals surface area contributed by atoms with Crippen LogP contribution in [0.2, 0.25) is 0 Å². The number of fused-ring (bicyclic) bond motifs is 1. The van der Waals surface area contributed by atoms with Gasteiger partial charge in [0.25, 0.3) is 0 Å². The Kier molecular flexibility index (Phi) is 9.18. The van der Waals surface area contributed by atoms with Crippen LogP contribution < -0.4 is 16.2 Å². The van der Waals surface area contributed by atoms with E-state index >= 15 is 0 Å². The molecule has 13 heteroatoms. The number of sulfonamides is 1. The first-order valence-electron chi connectivity index (χ1n) is 12.6. The third-order valence-corrected chi connectivity index (χ3v) is 8.77. The molecule has 0 radical (unpaired) electrons. The predicted octanol–water partition coefficient (Wildman–Crippen LogP) is 0.748. The normalized spacial score (nSPS) is 18.1. The number of carbonyl (C=O) groups is 3. The number of nitrogens with one attached hydrogen (secondary N) is 2. The topological polar surface area (TPSA) is 189 Å². The Morgan fingerprint density at radius 3 is 2.49 bits per heavy atom. The summed E-state index contributed by atoms with van der Waals surface area (Å²) in [7, 11) is -2.90. The second-order valence-electron chi connectivity index (χ2n) is 9.79. The van der Waals surface area contributed by atoms with Crippen LogP contribution in [0.1, 0.15) is 33.1 Å². The number of nitrogens with two attached hydrogens (primary N) is 2. The van der Waals surface area contributed by atoms with Crippen LogP contribution in [0, 0.1) is 11.3 Å². The highest BCUT2D eigenvalue weighted by Gasteiger charge is 2.50. The van der Waals surface area contributed by atoms with Crippen LogP contribution in [0.5, 0.6) is 0 Å². The van der Waals surface area contributed by atoms with E-state index in [2.05, 4.69) is 4.72 Å². The average molecular weight is 561 g/mol. The number of amides is 2. The van der Waals surface area contributed by atoms with Crippen molar-refractivity contribution in [2.75, 3.05) is 26.7 Å². The zero-order valence-corrected chi connectivity index (χ0v) is 23.2. The summed E-state index contributed by atoms with van der Waals surface area (Å²) in [6.45, 7) is 3.97. The number of primary amides is 1. The van der Waals surface area contributed by atoms with Gasteiger partial charge in [0, 0.05) is 26.1 Å². The largest absolute Gasteiger partial charge is 0.464 e. The molecule has 2 aromatic carbocycles. The predicted molar refractivity (Wildman–Crippen MR) is 146 cm³/mol. The van der Waals surface area contributed by atoms with Crippen LogP contribution in [0.4, 0.5) is 0 Å². The summed E-state index contributed by atoms with van der Waals surface area (Å²) in [5.41, 5.74) is 9.53. The second kappa shape index (κ2) is 12.0. The van der Waals surface area contributed by atoms with Gasteiger partial charge in [-0.05, 0) is 49.6 Å². The fourth-order valence-corrected chi connectivity index (χ4v) is 6.17. The molecule has 1 heterocycles. The third-order valence-electron chi connectivity index (χ3n) is 7.31. The van der Waals surface area contributed by atoms with Crippen molar-refractivity contribution in [2.24, 2.45) is 17.4 Å². The van der Waals surface area contributed by atoms with Gasteiger partial charge in [0.05, 0.1) is 17.9 Å². The van der Waals surface area contributed by atoms with Gasteiger partial charge in [-0.2, -0.15) is 4.72 Å². The fraction of sp³-hybridized carbons (Fsp3) is 0.462. The van der Waals surface area contributed by atoms with Crippen molar-refractivity contribution in [1.29, 1.82) is 5.41 Å². The minimum absolute atomic E-state index is 0.0545. The van der Waals surface area contributed by atoms with Gasteiger partial charge in [0.1, 0.15) is 11.6 Å². The van der Waals surface area contributed by atoms with E-state index in [1.165, 1.54) is 26.1 Å². The number of hydrogen-bond acceptors (Lipinski definition) is 7. The van der Waals surface area contributed by atoms with Crippen molar-refractivity contribution in [1.82, 2.24) is 14.5 Å². The number of carbonyl (C=O) groups excluding carboxylic acids is 3. The Bertz CT molecular complexity index is 1370. The van der Waals surface area contributed by atoms with Crippen molar-refractivity contribution < 1.29 is 27.5 Å². The number of benzene rings is 2. The number of guanidine groups is 1. The number of ether oxygens (including phenoxy) is 1. The minimum Gasteiger partial charge on any atom is -0.464 e. The molecule has 1 unspecified atom stereocenters. The van der Waals surface area contributed by atoms with E-state index in [-0.39, 0.29) is 24.0 Å². The Balaban J connectivity index is 1.96. The fourth-order valence-electron chi connectivity index (χ4n) is 4.94. The zero-order valence-electron chi connectivity index (χ0n) is 22.3. The van der Waals surface area contributed by atoms with E-state index in [1.54, 1.807) is 30.0 Å². The zero-order chi connectivity index (χ0) is 29.0. The highest BCUT2D eigenvalue weighted by molar-refractivity contribution is 7.89. The molecule has 1 fully saturated rings. The first-order valence-corrected chi connectivity index (χ1v) is 14.1. The second-order valence-corrected chi connectivity index (χ2v) is 11.5. The molecule has 2 amide bonds. The molecular formula is C26H36N6O6S. The Labute approximate surface area is 228 Å². The molecule has 3 rings (SSSR count). The monoisotopic (exact) mass is 560 g/mol. The number of esters is 1. The van der Waals surface area contributed by atoms with Crippen LogP contribution in [0.25, 0.3) is 10.8 Å². The van der Waals surface area contributed by atoms with Gasteiger partial charge in [0.2, 0.25) is 21.8 Å². The number of piperidine rings is 1. The Morgan fingerprint density at radius 2 is 1.87 bits per heavy atom. The maximum absolute atomic E-state index is 13.8. The van der Waals surface area contributed by atoms with Crippen molar-refractivity contribution in [3.05, 3.63) is 42.5 Å². The third kappa shape index (κ3) is 6.48. The molecule has 0 saturated carbocycles. The van der Waals surface area contributed by atoms with Gasteiger partial charge >= 0.3 is 5.97 Å². The summed E-state index contributed by atoms with van der Waals surface area (Å²) in [6.07, 6.45) is 0.514. The lowest BCUT2D eigenvalue weighted by Gasteiger charge is -2.47. The SMILES string of the molecule is CCOC(=O)C(C)([C@H]1CCCN(C(=N)N)C1)N(C)C(=O)[C@H](CC(N)=O)NS(=O)(=O)c1ccc2ccccc2c1. The van der Waals surface area contributed by atoms with Gasteiger partial charge in [-0.3, -0.25) is 15.0 Å². The smallest absolute Gasteiger partial charge is 0.332 e. The van der Waals surface area contributed by atoms with Crippen LogP contribution in [-0.4, -0.2) is 80.3 Å². The van der Waals surface area contributed by atoms with E-state index in [9.17, 15) is 22.8 Å². The molecule has 1 saturated heterocycles. The molecule has 0 aromatic heterocycles. The Hall–Kier alpha value is -3.71. The molecule has 212 valence electrons. The molecular weight excluding hydrogens is 524 g/mol. The number of nitrogens with zero attached hydrogens (tertiary/aromatic N) is 2. The lowest BCUT2D eigenvalue weighted by Crippen LogP contribution is -2.65. The maximum Gasteiger partial charge on any atom is 0.332 e. The van der Waals surface area contributed by atoms with Crippen molar-refractivity contribution in [3.63, 3.8) is 0 Å². The standard InChI is InChI=1S/C26H36N6O6S/c1-4-38-24(35)26(2,19-10-7-13-32(16-19)25(28)29)31(3)23(34)21(15-22(27)33)30-39(36,37)20-12-11-17-8-5-6-9-18(17)14-20/h5-6,8-9,11-12,14,19,21,30H,4,7,10,13,15-16H2,1-3H3,(H2,27,33)(H3,28,29)/t19-,21-,26?/m0/s1. The molecule has 39 heavy (non-hydrogen) atoms. The van der Waals surface area contributed by atoms with Crippen molar-refractivity contribution >= 4 is 44.5 Å². The molecule has 0 bridgehead atoms. The molecule has 6 N–H and O–H groups in total. The number of likely N-dealkylation sites (N-methyl/N-ethyl adjacent to an activating group) is 1. The first-order chi connectivity index (χ1) is 18.3. The van der Waals surface area contributed by atoms with E-state index in [4.69, 9.17) is 21.6 Å². The molecule has 1 aliphatic rings. The molecule has 2 aromatic rings. The lowest BCUT2D eigenvalue weighted by atomic mass is 9.78. The summed E-state index contributed by atoms with van der Waals surface area (Å²) < 4.78 is 34.3. The lowest BCUT2D eigenvalue weighted by molar-refractivity contribution is -0.167. The highest BCUT2D eigenvalue weighted by Crippen LogP contribution is 2.34. The maximum atomic E-state index is 13.8. The number of rotatable bonds is 10. The van der Waals surface area contributed by atoms with Crippen molar-refractivity contribution in [3.8, 4) is 0 Å². The number of likely N-dealkylation sites (tertiary alicyclic amines) is 1. The van der Waals surface area contributed by atoms with E-state index < -0.39 is 51.7 Å². The van der Waals surface area contributed by atoms with Gasteiger partial charge in [-0.25, -0.2) is 13.2 Å². The molecule has 12 nitrogen and oxygen atoms in total. The average Bonchev–Trinajstić information content (AvgIpc) is 2.90. The summed E-state index contributed by atoms with van der Waals surface area (Å²) in [6, 6.07) is 10.1. The van der Waals surface area contributed by atoms with E-state index in [1.807, 2.05) is 12.1 Å². The quantitative estimate of drug-likeness (QED) is 0.186. The molecule has 3 atom stereocenters. The highest BCUT2D eigenvalue weighted by atomic mass is 32.2. The van der Waals surface area contributed by atoms with Crippen LogP contribution in [0.15, 0.2) is 47.4 Å². The molecule has 0 spiro atoms. The summed E-state index contributed by atoms with van der Waals surface area (Å²) >= 11 is 0. The molecule has 0 aliphatic carbocycles. The van der Waals surface area contributed by atoms with Crippen LogP contribution in [0.3, 0.4) is 0 Å². The Morgan fingerprint density at radius 1 is 1.21 bits per heavy atom. The van der Waals surface area contributed by atoms with Crippen LogP contribution in [-0.2, 0) is 29.1 Å². The summed E-state index contributed by atoms with van der Waals surface area (Å²) in [4.78, 5) is 41.7. The summed E-state index contributed by atoms with van der Waals surface area (Å²) in [5, 5.41) is 9.33. The molecule has 1 aliphatic heterocycles. The first kappa shape index (κ1) is 29.8. The van der Waals surface area contributed by atoms with Gasteiger partial charge < -0.3 is 26.0 Å². The van der Waals surface area contributed by atoms with E-state index in [0.29, 0.717) is 24.8 Å².